The van der Waals surface area contributed by atoms with Gasteiger partial charge >= 0.3 is 0 Å². The third-order valence-electron chi connectivity index (χ3n) is 2.17. The molecule has 0 aromatic heterocycles. The third kappa shape index (κ3) is 2.15. The zero-order valence-electron chi connectivity index (χ0n) is 6.38. The van der Waals surface area contributed by atoms with E-state index in [4.69, 9.17) is 5.73 Å². The zero-order valence-corrected chi connectivity index (χ0v) is 7.27. The van der Waals surface area contributed by atoms with E-state index in [2.05, 4.69) is 24.9 Å². The van der Waals surface area contributed by atoms with E-state index in [1.54, 1.807) is 0 Å². The first kappa shape index (κ1) is 8.37. The van der Waals surface area contributed by atoms with Gasteiger partial charge in [-0.25, -0.2) is 0 Å². The zero-order chi connectivity index (χ0) is 7.56. The molecule has 1 heterocycles. The van der Waals surface area contributed by atoms with E-state index in [1.165, 1.54) is 6.42 Å². The third-order valence-corrected chi connectivity index (χ3v) is 2.59. The van der Waals surface area contributed by atoms with Crippen LogP contribution in [0.5, 0.6) is 0 Å². The standard InChI is InChI=1S/C7H16N2S/c1-5(10)6-2-3-7(8)9-4-6/h5-7,9-10H,2-4,8H2,1H3. The summed E-state index contributed by atoms with van der Waals surface area (Å²) in [7, 11) is 0. The Morgan fingerprint density at radius 2 is 2.30 bits per heavy atom. The topological polar surface area (TPSA) is 38.0 Å². The summed E-state index contributed by atoms with van der Waals surface area (Å²) >= 11 is 4.39. The Balaban J connectivity index is 2.26. The Hall–Kier alpha value is 0.270. The van der Waals surface area contributed by atoms with E-state index in [1.807, 2.05) is 0 Å². The highest BCUT2D eigenvalue weighted by Crippen LogP contribution is 2.18. The molecule has 0 saturated carbocycles. The van der Waals surface area contributed by atoms with Crippen LogP contribution in [-0.2, 0) is 0 Å². The van der Waals surface area contributed by atoms with Crippen molar-refractivity contribution in [3.63, 3.8) is 0 Å². The van der Waals surface area contributed by atoms with Crippen LogP contribution < -0.4 is 11.1 Å². The maximum absolute atomic E-state index is 5.66. The number of piperidine rings is 1. The van der Waals surface area contributed by atoms with Crippen LogP contribution in [0.1, 0.15) is 19.8 Å². The van der Waals surface area contributed by atoms with E-state index in [-0.39, 0.29) is 6.17 Å². The van der Waals surface area contributed by atoms with E-state index in [9.17, 15) is 0 Å². The van der Waals surface area contributed by atoms with Crippen molar-refractivity contribution in [3.8, 4) is 0 Å². The summed E-state index contributed by atoms with van der Waals surface area (Å²) in [5, 5.41) is 3.74. The van der Waals surface area contributed by atoms with Crippen molar-refractivity contribution in [1.29, 1.82) is 0 Å². The lowest BCUT2D eigenvalue weighted by Crippen LogP contribution is -2.46. The Morgan fingerprint density at radius 3 is 2.70 bits per heavy atom. The van der Waals surface area contributed by atoms with Crippen LogP contribution >= 0.6 is 12.6 Å². The molecule has 0 aromatic carbocycles. The van der Waals surface area contributed by atoms with Gasteiger partial charge in [-0.3, -0.25) is 0 Å². The van der Waals surface area contributed by atoms with Crippen molar-refractivity contribution in [3.05, 3.63) is 0 Å². The summed E-state index contributed by atoms with van der Waals surface area (Å²) < 4.78 is 0. The van der Waals surface area contributed by atoms with Crippen molar-refractivity contribution in [2.45, 2.75) is 31.2 Å². The smallest absolute Gasteiger partial charge is 0.0546 e. The molecule has 0 amide bonds. The minimum Gasteiger partial charge on any atom is -0.316 e. The molecule has 1 aliphatic rings. The number of thiol groups is 1. The van der Waals surface area contributed by atoms with Gasteiger partial charge in [0.05, 0.1) is 6.17 Å². The molecule has 0 aromatic rings. The summed E-state index contributed by atoms with van der Waals surface area (Å²) in [6.45, 7) is 3.18. The Kier molecular flexibility index (Phi) is 3.01. The highest BCUT2D eigenvalue weighted by molar-refractivity contribution is 7.80. The fourth-order valence-corrected chi connectivity index (χ4v) is 1.57. The molecule has 2 nitrogen and oxygen atoms in total. The van der Waals surface area contributed by atoms with Crippen molar-refractivity contribution < 1.29 is 0 Å². The predicted octanol–water partition coefficient (Wildman–Crippen LogP) is 0.589. The summed E-state index contributed by atoms with van der Waals surface area (Å²) in [4.78, 5) is 0. The van der Waals surface area contributed by atoms with Gasteiger partial charge in [0.15, 0.2) is 0 Å². The second kappa shape index (κ2) is 3.60. The van der Waals surface area contributed by atoms with Gasteiger partial charge in [0.1, 0.15) is 0 Å². The highest BCUT2D eigenvalue weighted by Gasteiger charge is 2.20. The van der Waals surface area contributed by atoms with E-state index in [0.29, 0.717) is 11.2 Å². The molecule has 0 radical (unpaired) electrons. The summed E-state index contributed by atoms with van der Waals surface area (Å²) in [6.07, 6.45) is 2.54. The van der Waals surface area contributed by atoms with Gasteiger partial charge < -0.3 is 11.1 Å². The minimum absolute atomic E-state index is 0.225. The van der Waals surface area contributed by atoms with Crippen LogP contribution in [0.2, 0.25) is 0 Å². The first-order valence-electron chi connectivity index (χ1n) is 3.87. The van der Waals surface area contributed by atoms with Gasteiger partial charge in [0, 0.05) is 11.8 Å². The number of nitrogens with two attached hydrogens (primary N) is 1. The van der Waals surface area contributed by atoms with Crippen molar-refractivity contribution in [2.75, 3.05) is 6.54 Å². The molecular formula is C7H16N2S. The lowest BCUT2D eigenvalue weighted by Gasteiger charge is -2.29. The predicted molar refractivity (Wildman–Crippen MR) is 47.2 cm³/mol. The molecule has 0 bridgehead atoms. The van der Waals surface area contributed by atoms with Gasteiger partial charge in [-0.1, -0.05) is 6.92 Å². The maximum atomic E-state index is 5.66. The second-order valence-corrected chi connectivity index (χ2v) is 3.91. The first-order chi connectivity index (χ1) is 4.70. The summed E-state index contributed by atoms with van der Waals surface area (Å²) in [5.41, 5.74) is 5.66. The Labute approximate surface area is 68.0 Å². The number of hydrogen-bond acceptors (Lipinski definition) is 3. The fourth-order valence-electron chi connectivity index (χ4n) is 1.31. The first-order valence-corrected chi connectivity index (χ1v) is 4.39. The van der Waals surface area contributed by atoms with Crippen LogP contribution in [0.3, 0.4) is 0 Å². The molecule has 1 fully saturated rings. The lowest BCUT2D eigenvalue weighted by molar-refractivity contribution is 0.315. The molecule has 1 aliphatic heterocycles. The second-order valence-electron chi connectivity index (χ2n) is 3.09. The molecule has 3 unspecified atom stereocenters. The molecule has 0 spiro atoms. The van der Waals surface area contributed by atoms with Crippen LogP contribution in [0, 0.1) is 5.92 Å². The molecule has 1 saturated heterocycles. The Morgan fingerprint density at radius 1 is 1.60 bits per heavy atom. The normalized spacial score (nSPS) is 37.5. The molecule has 0 aliphatic carbocycles. The van der Waals surface area contributed by atoms with E-state index >= 15 is 0 Å². The number of hydrogen-bond donors (Lipinski definition) is 3. The molecule has 3 atom stereocenters. The summed E-state index contributed by atoms with van der Waals surface area (Å²) in [5.74, 6) is 0.711. The Bertz CT molecular complexity index is 97.8. The van der Waals surface area contributed by atoms with Crippen LogP contribution in [0.25, 0.3) is 0 Å². The van der Waals surface area contributed by atoms with Gasteiger partial charge in [-0.15, -0.1) is 0 Å². The van der Waals surface area contributed by atoms with Gasteiger partial charge in [-0.05, 0) is 18.8 Å². The number of rotatable bonds is 1. The fraction of sp³-hybridized carbons (Fsp3) is 1.00. The highest BCUT2D eigenvalue weighted by atomic mass is 32.1. The maximum Gasteiger partial charge on any atom is 0.0546 e. The molecule has 3 heteroatoms. The SMILES string of the molecule is CC(S)C1CCC(N)NC1. The number of nitrogens with one attached hydrogen (secondary N) is 1. The monoisotopic (exact) mass is 160 g/mol. The quantitative estimate of drug-likeness (QED) is 0.491. The average Bonchev–Trinajstić information content (AvgIpc) is 1.88. The largest absolute Gasteiger partial charge is 0.316 e. The molecule has 1 rings (SSSR count). The van der Waals surface area contributed by atoms with Crippen molar-refractivity contribution >= 4 is 12.6 Å². The van der Waals surface area contributed by atoms with Gasteiger partial charge in [-0.2, -0.15) is 12.6 Å². The van der Waals surface area contributed by atoms with Crippen molar-refractivity contribution in [1.82, 2.24) is 5.32 Å². The minimum atomic E-state index is 0.225. The van der Waals surface area contributed by atoms with Crippen molar-refractivity contribution in [2.24, 2.45) is 11.7 Å². The van der Waals surface area contributed by atoms with Crippen LogP contribution in [0.4, 0.5) is 0 Å². The van der Waals surface area contributed by atoms with Crippen LogP contribution in [0.15, 0.2) is 0 Å². The molecule has 10 heavy (non-hydrogen) atoms. The van der Waals surface area contributed by atoms with Gasteiger partial charge in [0.2, 0.25) is 0 Å². The van der Waals surface area contributed by atoms with E-state index in [0.717, 1.165) is 13.0 Å². The lowest BCUT2D eigenvalue weighted by atomic mass is 9.95. The summed E-state index contributed by atoms with van der Waals surface area (Å²) in [6, 6.07) is 0. The molecule has 60 valence electrons. The van der Waals surface area contributed by atoms with Gasteiger partial charge in [0.25, 0.3) is 0 Å². The molecular weight excluding hydrogens is 144 g/mol. The average molecular weight is 160 g/mol. The van der Waals surface area contributed by atoms with Crippen LogP contribution in [-0.4, -0.2) is 18.0 Å². The molecule has 3 N–H and O–H groups in total. The van der Waals surface area contributed by atoms with E-state index < -0.39 is 0 Å².